The molecule has 25 heavy (non-hydrogen) atoms. The van der Waals surface area contributed by atoms with Crippen molar-refractivity contribution in [3.05, 3.63) is 42.0 Å². The van der Waals surface area contributed by atoms with E-state index >= 15 is 0 Å². The SMILES string of the molecule is N[C@@H]1C(=O)N(c2ccc3c(c2)OCCO3)[C@H]1c1ccc2c(c1)OCO2. The second-order valence-corrected chi connectivity index (χ2v) is 6.12. The number of nitrogens with two attached hydrogens (primary N) is 1. The molecule has 7 heteroatoms. The van der Waals surface area contributed by atoms with E-state index in [0.29, 0.717) is 36.2 Å². The standard InChI is InChI=1S/C18H16N2O5/c19-16-17(10-1-3-13-14(7-10)25-9-24-13)20(18(16)21)11-2-4-12-15(8-11)23-6-5-22-12/h1-4,7-8,16-17H,5-6,9,19H2/t16-,17-/m0/s1. The molecule has 5 rings (SSSR count). The zero-order valence-corrected chi connectivity index (χ0v) is 13.3. The summed E-state index contributed by atoms with van der Waals surface area (Å²) >= 11 is 0. The molecule has 1 amide bonds. The number of amides is 1. The number of carbonyl (C=O) groups is 1. The minimum Gasteiger partial charge on any atom is -0.486 e. The molecule has 0 bridgehead atoms. The zero-order valence-electron chi connectivity index (χ0n) is 13.3. The molecule has 3 aliphatic heterocycles. The maximum atomic E-state index is 12.4. The van der Waals surface area contributed by atoms with Crippen molar-refractivity contribution in [3.63, 3.8) is 0 Å². The average Bonchev–Trinajstić information content (AvgIpc) is 3.12. The van der Waals surface area contributed by atoms with Gasteiger partial charge in [0.25, 0.3) is 0 Å². The Morgan fingerprint density at radius 1 is 0.880 bits per heavy atom. The van der Waals surface area contributed by atoms with E-state index in [2.05, 4.69) is 0 Å². The minimum absolute atomic E-state index is 0.126. The van der Waals surface area contributed by atoms with Crippen LogP contribution >= 0.6 is 0 Å². The van der Waals surface area contributed by atoms with E-state index in [1.165, 1.54) is 0 Å². The van der Waals surface area contributed by atoms with Gasteiger partial charge in [-0.25, -0.2) is 0 Å². The molecule has 2 aromatic rings. The fourth-order valence-electron chi connectivity index (χ4n) is 3.43. The van der Waals surface area contributed by atoms with Crippen LogP contribution in [0.2, 0.25) is 0 Å². The van der Waals surface area contributed by atoms with Crippen LogP contribution in [0.25, 0.3) is 0 Å². The van der Waals surface area contributed by atoms with Crippen molar-refractivity contribution in [2.75, 3.05) is 24.9 Å². The van der Waals surface area contributed by atoms with Gasteiger partial charge in [-0.1, -0.05) is 6.07 Å². The van der Waals surface area contributed by atoms with Crippen molar-refractivity contribution in [3.8, 4) is 23.0 Å². The van der Waals surface area contributed by atoms with Gasteiger partial charge < -0.3 is 29.6 Å². The van der Waals surface area contributed by atoms with Gasteiger partial charge in [0.15, 0.2) is 23.0 Å². The second-order valence-electron chi connectivity index (χ2n) is 6.12. The Hall–Kier alpha value is -2.93. The first-order valence-corrected chi connectivity index (χ1v) is 8.10. The van der Waals surface area contributed by atoms with Crippen LogP contribution in [-0.4, -0.2) is 32.0 Å². The summed E-state index contributed by atoms with van der Waals surface area (Å²) < 4.78 is 21.9. The summed E-state index contributed by atoms with van der Waals surface area (Å²) in [7, 11) is 0. The highest BCUT2D eigenvalue weighted by atomic mass is 16.7. The first-order chi connectivity index (χ1) is 12.2. The van der Waals surface area contributed by atoms with E-state index in [1.54, 1.807) is 4.90 Å². The normalized spacial score (nSPS) is 23.4. The van der Waals surface area contributed by atoms with Crippen LogP contribution in [-0.2, 0) is 4.79 Å². The van der Waals surface area contributed by atoms with Gasteiger partial charge in [-0.05, 0) is 29.8 Å². The lowest BCUT2D eigenvalue weighted by molar-refractivity contribution is -0.126. The zero-order chi connectivity index (χ0) is 17.0. The predicted octanol–water partition coefficient (Wildman–Crippen LogP) is 1.60. The number of carbonyl (C=O) groups excluding carboxylic acids is 1. The second kappa shape index (κ2) is 5.29. The quantitative estimate of drug-likeness (QED) is 0.836. The number of benzene rings is 2. The Labute approximate surface area is 143 Å². The first-order valence-electron chi connectivity index (χ1n) is 8.10. The molecule has 0 saturated carbocycles. The Morgan fingerprint density at radius 3 is 2.44 bits per heavy atom. The molecule has 0 aromatic heterocycles. The van der Waals surface area contributed by atoms with Crippen LogP contribution in [0.1, 0.15) is 11.6 Å². The topological polar surface area (TPSA) is 83.3 Å². The van der Waals surface area contributed by atoms with Gasteiger partial charge >= 0.3 is 0 Å². The Kier molecular flexibility index (Phi) is 3.05. The summed E-state index contributed by atoms with van der Waals surface area (Å²) in [5.41, 5.74) is 7.73. The number of ether oxygens (including phenoxy) is 4. The molecule has 0 aliphatic carbocycles. The maximum Gasteiger partial charge on any atom is 0.247 e. The molecule has 3 aliphatic rings. The van der Waals surface area contributed by atoms with Crippen LogP contribution in [0.5, 0.6) is 23.0 Å². The van der Waals surface area contributed by atoms with Gasteiger partial charge in [-0.15, -0.1) is 0 Å². The third-order valence-corrected chi connectivity index (χ3v) is 4.68. The molecule has 1 fully saturated rings. The van der Waals surface area contributed by atoms with Crippen molar-refractivity contribution in [1.82, 2.24) is 0 Å². The van der Waals surface area contributed by atoms with E-state index in [9.17, 15) is 4.79 Å². The molecule has 2 N–H and O–H groups in total. The smallest absolute Gasteiger partial charge is 0.247 e. The lowest BCUT2D eigenvalue weighted by Gasteiger charge is -2.45. The third-order valence-electron chi connectivity index (χ3n) is 4.68. The summed E-state index contributed by atoms with van der Waals surface area (Å²) in [4.78, 5) is 14.1. The fourth-order valence-corrected chi connectivity index (χ4v) is 3.43. The highest BCUT2D eigenvalue weighted by molar-refractivity contribution is 6.05. The Balaban J connectivity index is 1.51. The van der Waals surface area contributed by atoms with Crippen LogP contribution < -0.4 is 29.6 Å². The van der Waals surface area contributed by atoms with Crippen molar-refractivity contribution in [1.29, 1.82) is 0 Å². The van der Waals surface area contributed by atoms with E-state index in [4.69, 9.17) is 24.7 Å². The van der Waals surface area contributed by atoms with E-state index in [-0.39, 0.29) is 18.7 Å². The molecule has 2 aromatic carbocycles. The van der Waals surface area contributed by atoms with E-state index in [0.717, 1.165) is 11.3 Å². The highest BCUT2D eigenvalue weighted by Gasteiger charge is 2.47. The molecule has 0 radical (unpaired) electrons. The average molecular weight is 340 g/mol. The van der Waals surface area contributed by atoms with E-state index in [1.807, 2.05) is 36.4 Å². The number of hydrogen-bond acceptors (Lipinski definition) is 6. The van der Waals surface area contributed by atoms with Crippen molar-refractivity contribution in [2.45, 2.75) is 12.1 Å². The molecule has 2 atom stereocenters. The largest absolute Gasteiger partial charge is 0.486 e. The van der Waals surface area contributed by atoms with Gasteiger partial charge in [0.1, 0.15) is 19.3 Å². The molecule has 7 nitrogen and oxygen atoms in total. The number of β-lactam (4-membered cyclic amide) rings is 1. The minimum atomic E-state index is -0.589. The van der Waals surface area contributed by atoms with E-state index < -0.39 is 6.04 Å². The summed E-state index contributed by atoms with van der Waals surface area (Å²) in [5, 5.41) is 0. The van der Waals surface area contributed by atoms with Gasteiger partial charge in [-0.3, -0.25) is 4.79 Å². The number of fused-ring (bicyclic) bond motifs is 2. The molecular formula is C18H16N2O5. The number of nitrogens with zero attached hydrogens (tertiary/aromatic N) is 1. The Bertz CT molecular complexity index is 869. The summed E-state index contributed by atoms with van der Waals surface area (Å²) in [5.74, 6) is 2.58. The molecule has 0 spiro atoms. The summed E-state index contributed by atoms with van der Waals surface area (Å²) in [6.45, 7) is 1.23. The maximum absolute atomic E-state index is 12.4. The van der Waals surface area contributed by atoms with Gasteiger partial charge in [0, 0.05) is 11.8 Å². The lowest BCUT2D eigenvalue weighted by atomic mass is 9.88. The summed E-state index contributed by atoms with van der Waals surface area (Å²) in [6.07, 6.45) is 0. The Morgan fingerprint density at radius 2 is 1.56 bits per heavy atom. The molecule has 128 valence electrons. The van der Waals surface area contributed by atoms with Gasteiger partial charge in [0.2, 0.25) is 12.7 Å². The number of anilines is 1. The molecule has 1 saturated heterocycles. The van der Waals surface area contributed by atoms with Crippen molar-refractivity contribution >= 4 is 11.6 Å². The van der Waals surface area contributed by atoms with Crippen molar-refractivity contribution in [2.24, 2.45) is 5.73 Å². The third kappa shape index (κ3) is 2.12. The number of rotatable bonds is 2. The number of hydrogen-bond donors (Lipinski definition) is 1. The lowest BCUT2D eigenvalue weighted by Crippen LogP contribution is -2.63. The van der Waals surface area contributed by atoms with Crippen LogP contribution in [0.4, 0.5) is 5.69 Å². The molecule has 0 unspecified atom stereocenters. The first kappa shape index (κ1) is 14.4. The monoisotopic (exact) mass is 340 g/mol. The summed E-state index contributed by atoms with van der Waals surface area (Å²) in [6, 6.07) is 10.3. The van der Waals surface area contributed by atoms with Gasteiger partial charge in [0.05, 0.1) is 6.04 Å². The van der Waals surface area contributed by atoms with Crippen molar-refractivity contribution < 1.29 is 23.7 Å². The highest BCUT2D eigenvalue weighted by Crippen LogP contribution is 2.44. The van der Waals surface area contributed by atoms with Crippen LogP contribution in [0.3, 0.4) is 0 Å². The van der Waals surface area contributed by atoms with Crippen LogP contribution in [0.15, 0.2) is 36.4 Å². The predicted molar refractivity (Wildman–Crippen MR) is 88.2 cm³/mol. The molecular weight excluding hydrogens is 324 g/mol. The fraction of sp³-hybridized carbons (Fsp3) is 0.278. The van der Waals surface area contributed by atoms with Gasteiger partial charge in [-0.2, -0.15) is 0 Å². The molecule has 3 heterocycles. The van der Waals surface area contributed by atoms with Crippen LogP contribution in [0, 0.1) is 0 Å².